The van der Waals surface area contributed by atoms with Crippen LogP contribution in [-0.2, 0) is 14.3 Å². The van der Waals surface area contributed by atoms with Crippen LogP contribution in [0.3, 0.4) is 0 Å². The Hall–Kier alpha value is -3.25. The molecule has 2 atom stereocenters. The number of Topliss-reactive ketones (excluding diaryl/α,β-unsaturated/α-hetero) is 1. The molecule has 1 aliphatic carbocycles. The van der Waals surface area contributed by atoms with E-state index in [2.05, 4.69) is 5.32 Å². The van der Waals surface area contributed by atoms with E-state index in [1.807, 2.05) is 37.3 Å². The van der Waals surface area contributed by atoms with Gasteiger partial charge < -0.3 is 19.5 Å². The zero-order chi connectivity index (χ0) is 25.3. The molecule has 2 aliphatic rings. The van der Waals surface area contributed by atoms with Crippen molar-refractivity contribution >= 4 is 23.4 Å². The van der Waals surface area contributed by atoms with Gasteiger partial charge in [-0.25, -0.2) is 4.79 Å². The van der Waals surface area contributed by atoms with E-state index in [0.717, 1.165) is 11.3 Å². The van der Waals surface area contributed by atoms with Crippen LogP contribution in [0, 0.1) is 0 Å². The van der Waals surface area contributed by atoms with Crippen molar-refractivity contribution in [1.29, 1.82) is 0 Å². The lowest BCUT2D eigenvalue weighted by atomic mass is 9.71. The quantitative estimate of drug-likeness (QED) is 0.520. The zero-order valence-corrected chi connectivity index (χ0v) is 21.4. The molecule has 6 nitrogen and oxygen atoms in total. The third kappa shape index (κ3) is 4.94. The number of hydrogen-bond acceptors (Lipinski definition) is 6. The van der Waals surface area contributed by atoms with Crippen molar-refractivity contribution in [3.63, 3.8) is 0 Å². The lowest BCUT2D eigenvalue weighted by Gasteiger charge is -2.37. The largest absolute Gasteiger partial charge is 0.497 e. The Morgan fingerprint density at radius 2 is 1.77 bits per heavy atom. The van der Waals surface area contributed by atoms with Gasteiger partial charge in [0, 0.05) is 34.0 Å². The van der Waals surface area contributed by atoms with Gasteiger partial charge in [-0.2, -0.15) is 0 Å². The number of ketones is 1. The summed E-state index contributed by atoms with van der Waals surface area (Å²) in [6.45, 7) is 5.45. The highest BCUT2D eigenvalue weighted by Gasteiger charge is 2.42. The number of ether oxygens (including phenoxy) is 3. The number of rotatable bonds is 6. The van der Waals surface area contributed by atoms with Crippen LogP contribution < -0.4 is 14.8 Å². The molecule has 0 amide bonds. The van der Waals surface area contributed by atoms with Gasteiger partial charge in [-0.1, -0.05) is 23.7 Å². The average Bonchev–Trinajstić information content (AvgIpc) is 2.82. The molecule has 0 radical (unpaired) electrons. The average molecular weight is 496 g/mol. The number of methoxy groups -OCH3 is 2. The van der Waals surface area contributed by atoms with Gasteiger partial charge in [0.15, 0.2) is 5.78 Å². The third-order valence-electron chi connectivity index (χ3n) is 6.48. The molecule has 0 unspecified atom stereocenters. The fourth-order valence-electron chi connectivity index (χ4n) is 4.93. The van der Waals surface area contributed by atoms with Gasteiger partial charge in [0.1, 0.15) is 11.5 Å². The molecule has 184 valence electrons. The summed E-state index contributed by atoms with van der Waals surface area (Å²) in [5.41, 5.74) is 4.20. The van der Waals surface area contributed by atoms with Crippen LogP contribution in [0.1, 0.15) is 56.6 Å². The minimum absolute atomic E-state index is 0.0100. The van der Waals surface area contributed by atoms with Crippen LogP contribution in [-0.4, -0.2) is 32.1 Å². The predicted molar refractivity (Wildman–Crippen MR) is 135 cm³/mol. The second-order valence-corrected chi connectivity index (χ2v) is 9.57. The van der Waals surface area contributed by atoms with Crippen LogP contribution in [0.25, 0.3) is 0 Å². The standard InChI is InChI=1S/C28H30ClNO5/c1-15(2)35-28(32)25-16(3)30-22-12-18(17-6-8-19(29)9-7-17)13-23(31)27(22)26(25)21-14-20(33-4)10-11-24(21)34-5/h6-11,14-15,18,26,30H,12-13H2,1-5H3/t18-,26-/m0/s1. The lowest BCUT2D eigenvalue weighted by Crippen LogP contribution is -2.36. The molecule has 1 aliphatic heterocycles. The maximum Gasteiger partial charge on any atom is 0.337 e. The van der Waals surface area contributed by atoms with Crippen LogP contribution >= 0.6 is 11.6 Å². The Labute approximate surface area is 210 Å². The molecule has 0 aromatic heterocycles. The molecule has 4 rings (SSSR count). The van der Waals surface area contributed by atoms with Crippen molar-refractivity contribution in [2.24, 2.45) is 0 Å². The maximum absolute atomic E-state index is 13.7. The summed E-state index contributed by atoms with van der Waals surface area (Å²) in [7, 11) is 3.15. The SMILES string of the molecule is COc1ccc(OC)c([C@H]2C(C(=O)OC(C)C)=C(C)NC3=C2C(=O)C[C@@H](c2ccc(Cl)cc2)C3)c1. The molecule has 7 heteroatoms. The lowest BCUT2D eigenvalue weighted by molar-refractivity contribution is -0.143. The monoisotopic (exact) mass is 495 g/mol. The van der Waals surface area contributed by atoms with Crippen molar-refractivity contribution in [2.45, 2.75) is 51.6 Å². The molecule has 0 saturated carbocycles. The Bertz CT molecular complexity index is 1210. The van der Waals surface area contributed by atoms with Crippen molar-refractivity contribution < 1.29 is 23.8 Å². The number of hydrogen-bond donors (Lipinski definition) is 1. The van der Waals surface area contributed by atoms with Crippen LogP contribution in [0.15, 0.2) is 65.0 Å². The number of carbonyl (C=O) groups excluding carboxylic acids is 2. The second kappa shape index (κ2) is 10.2. The number of halogens is 1. The smallest absolute Gasteiger partial charge is 0.337 e. The van der Waals surface area contributed by atoms with E-state index in [-0.39, 0.29) is 17.8 Å². The third-order valence-corrected chi connectivity index (χ3v) is 6.73. The molecule has 1 N–H and O–H groups in total. The second-order valence-electron chi connectivity index (χ2n) is 9.13. The Kier molecular flexibility index (Phi) is 7.22. The summed E-state index contributed by atoms with van der Waals surface area (Å²) in [5.74, 6) is 0.0739. The molecule has 2 aromatic carbocycles. The van der Waals surface area contributed by atoms with Gasteiger partial charge in [0.25, 0.3) is 0 Å². The molecule has 0 fully saturated rings. The highest BCUT2D eigenvalue weighted by atomic mass is 35.5. The van der Waals surface area contributed by atoms with E-state index < -0.39 is 11.9 Å². The number of dihydropyridines is 1. The number of carbonyl (C=O) groups is 2. The fourth-order valence-corrected chi connectivity index (χ4v) is 5.06. The number of allylic oxidation sites excluding steroid dienone is 3. The Morgan fingerprint density at radius 1 is 1.06 bits per heavy atom. The first-order valence-corrected chi connectivity index (χ1v) is 12.0. The summed E-state index contributed by atoms with van der Waals surface area (Å²) in [4.78, 5) is 27.1. The minimum Gasteiger partial charge on any atom is -0.497 e. The highest BCUT2D eigenvalue weighted by molar-refractivity contribution is 6.30. The molecular formula is C28H30ClNO5. The molecule has 1 heterocycles. The molecule has 0 spiro atoms. The first-order valence-electron chi connectivity index (χ1n) is 11.7. The van der Waals surface area contributed by atoms with Crippen LogP contribution in [0.2, 0.25) is 5.02 Å². The summed E-state index contributed by atoms with van der Waals surface area (Å²) in [5, 5.41) is 4.03. The first kappa shape index (κ1) is 24.9. The Morgan fingerprint density at radius 3 is 2.40 bits per heavy atom. The van der Waals surface area contributed by atoms with Crippen molar-refractivity contribution in [3.05, 3.63) is 81.2 Å². The molecule has 0 bridgehead atoms. The molecule has 2 aromatic rings. The van der Waals surface area contributed by atoms with E-state index in [9.17, 15) is 9.59 Å². The van der Waals surface area contributed by atoms with Gasteiger partial charge >= 0.3 is 5.97 Å². The summed E-state index contributed by atoms with van der Waals surface area (Å²) in [6, 6.07) is 13.0. The van der Waals surface area contributed by atoms with Crippen LogP contribution in [0.4, 0.5) is 0 Å². The van der Waals surface area contributed by atoms with E-state index in [0.29, 0.717) is 51.8 Å². The minimum atomic E-state index is -0.638. The van der Waals surface area contributed by atoms with E-state index in [1.54, 1.807) is 40.2 Å². The number of esters is 1. The van der Waals surface area contributed by atoms with Crippen molar-refractivity contribution in [2.75, 3.05) is 14.2 Å². The summed E-state index contributed by atoms with van der Waals surface area (Å²) < 4.78 is 16.7. The summed E-state index contributed by atoms with van der Waals surface area (Å²) in [6.07, 6.45) is 0.661. The van der Waals surface area contributed by atoms with E-state index in [4.69, 9.17) is 25.8 Å². The summed E-state index contributed by atoms with van der Waals surface area (Å²) >= 11 is 6.07. The van der Waals surface area contributed by atoms with Gasteiger partial charge in [-0.3, -0.25) is 4.79 Å². The topological polar surface area (TPSA) is 73.9 Å². The molecule has 35 heavy (non-hydrogen) atoms. The van der Waals surface area contributed by atoms with Gasteiger partial charge in [-0.05, 0) is 69.0 Å². The molecular weight excluding hydrogens is 466 g/mol. The van der Waals surface area contributed by atoms with Crippen molar-refractivity contribution in [3.8, 4) is 11.5 Å². The fraction of sp³-hybridized carbons (Fsp3) is 0.357. The van der Waals surface area contributed by atoms with E-state index >= 15 is 0 Å². The Balaban J connectivity index is 1.86. The van der Waals surface area contributed by atoms with Crippen LogP contribution in [0.5, 0.6) is 11.5 Å². The van der Waals surface area contributed by atoms with E-state index in [1.165, 1.54) is 0 Å². The highest BCUT2D eigenvalue weighted by Crippen LogP contribution is 2.48. The number of benzene rings is 2. The normalized spacial score (nSPS) is 19.9. The maximum atomic E-state index is 13.7. The van der Waals surface area contributed by atoms with Gasteiger partial charge in [0.2, 0.25) is 0 Å². The molecule has 0 saturated heterocycles. The van der Waals surface area contributed by atoms with Gasteiger partial charge in [-0.15, -0.1) is 0 Å². The first-order chi connectivity index (χ1) is 16.7. The van der Waals surface area contributed by atoms with Crippen molar-refractivity contribution in [1.82, 2.24) is 5.32 Å². The number of nitrogens with one attached hydrogen (secondary N) is 1. The van der Waals surface area contributed by atoms with Gasteiger partial charge in [0.05, 0.1) is 31.8 Å². The zero-order valence-electron chi connectivity index (χ0n) is 20.6. The predicted octanol–water partition coefficient (Wildman–Crippen LogP) is 5.67.